The Morgan fingerprint density at radius 1 is 1.37 bits per heavy atom. The van der Waals surface area contributed by atoms with Gasteiger partial charge in [0.2, 0.25) is 0 Å². The van der Waals surface area contributed by atoms with Crippen molar-refractivity contribution < 1.29 is 0 Å². The van der Waals surface area contributed by atoms with Crippen LogP contribution in [-0.4, -0.2) is 25.2 Å². The Balaban J connectivity index is 1.97. The van der Waals surface area contributed by atoms with Crippen LogP contribution < -0.4 is 10.2 Å². The van der Waals surface area contributed by atoms with Crippen molar-refractivity contribution in [2.24, 2.45) is 5.92 Å². The molecule has 106 valence electrons. The molecule has 1 heterocycles. The molecule has 1 fully saturated rings. The average molecular weight is 325 g/mol. The highest BCUT2D eigenvalue weighted by atomic mass is 79.9. The summed E-state index contributed by atoms with van der Waals surface area (Å²) >= 11 is 3.72. The zero-order valence-electron chi connectivity index (χ0n) is 12.5. The summed E-state index contributed by atoms with van der Waals surface area (Å²) in [6.07, 6.45) is 1.28. The molecule has 0 aromatic heterocycles. The third-order valence-electron chi connectivity index (χ3n) is 3.72. The van der Waals surface area contributed by atoms with Gasteiger partial charge in [-0.15, -0.1) is 0 Å². The van der Waals surface area contributed by atoms with Crippen molar-refractivity contribution in [2.75, 3.05) is 24.5 Å². The van der Waals surface area contributed by atoms with Crippen LogP contribution in [0.2, 0.25) is 0 Å². The molecule has 0 aliphatic carbocycles. The number of halogens is 1. The molecule has 1 unspecified atom stereocenters. The number of rotatable bonds is 3. The SMILES string of the molecule is Cc1cccc(N2CCC(CNC(C)(C)C)C2)c1Br. The van der Waals surface area contributed by atoms with Crippen molar-refractivity contribution in [3.63, 3.8) is 0 Å². The fraction of sp³-hybridized carbons (Fsp3) is 0.625. The summed E-state index contributed by atoms with van der Waals surface area (Å²) < 4.78 is 1.25. The largest absolute Gasteiger partial charge is 0.370 e. The molecule has 1 aliphatic rings. The van der Waals surface area contributed by atoms with Gasteiger partial charge in [-0.05, 0) is 67.6 Å². The van der Waals surface area contributed by atoms with Gasteiger partial charge in [0.1, 0.15) is 0 Å². The molecule has 0 spiro atoms. The molecule has 3 heteroatoms. The minimum absolute atomic E-state index is 0.220. The number of aryl methyl sites for hydroxylation is 1. The number of anilines is 1. The van der Waals surface area contributed by atoms with E-state index >= 15 is 0 Å². The van der Waals surface area contributed by atoms with Gasteiger partial charge in [0.05, 0.1) is 5.69 Å². The quantitative estimate of drug-likeness (QED) is 0.904. The lowest BCUT2D eigenvalue weighted by molar-refractivity contribution is 0.383. The average Bonchev–Trinajstić information content (AvgIpc) is 2.78. The van der Waals surface area contributed by atoms with Crippen LogP contribution in [0.4, 0.5) is 5.69 Å². The molecular weight excluding hydrogens is 300 g/mol. The first-order chi connectivity index (χ1) is 8.87. The molecule has 0 bridgehead atoms. The maximum Gasteiger partial charge on any atom is 0.0513 e. The fourth-order valence-electron chi connectivity index (χ4n) is 2.54. The Kier molecular flexibility index (Phi) is 4.57. The molecule has 1 aliphatic heterocycles. The number of nitrogens with zero attached hydrogens (tertiary/aromatic N) is 1. The third kappa shape index (κ3) is 3.96. The standard InChI is InChI=1S/C16H25BrN2/c1-12-6-5-7-14(15(12)17)19-9-8-13(11-19)10-18-16(2,3)4/h5-7,13,18H,8-11H2,1-4H3. The van der Waals surface area contributed by atoms with Crippen LogP contribution in [0.1, 0.15) is 32.8 Å². The van der Waals surface area contributed by atoms with E-state index in [9.17, 15) is 0 Å². The Hall–Kier alpha value is -0.540. The van der Waals surface area contributed by atoms with Gasteiger partial charge in [0, 0.05) is 29.6 Å². The molecule has 0 amide bonds. The maximum absolute atomic E-state index is 3.72. The second-order valence-electron chi connectivity index (χ2n) is 6.64. The number of hydrogen-bond donors (Lipinski definition) is 1. The Morgan fingerprint density at radius 3 is 2.79 bits per heavy atom. The van der Waals surface area contributed by atoms with Gasteiger partial charge >= 0.3 is 0 Å². The maximum atomic E-state index is 3.72. The molecule has 0 radical (unpaired) electrons. The lowest BCUT2D eigenvalue weighted by atomic mass is 10.1. The summed E-state index contributed by atoms with van der Waals surface area (Å²) in [4.78, 5) is 2.51. The number of benzene rings is 1. The highest BCUT2D eigenvalue weighted by molar-refractivity contribution is 9.10. The van der Waals surface area contributed by atoms with E-state index in [-0.39, 0.29) is 5.54 Å². The lowest BCUT2D eigenvalue weighted by Crippen LogP contribution is -2.39. The van der Waals surface area contributed by atoms with Crippen molar-refractivity contribution in [1.29, 1.82) is 0 Å². The molecule has 1 aromatic rings. The molecule has 1 saturated heterocycles. The number of hydrogen-bond acceptors (Lipinski definition) is 2. The minimum Gasteiger partial charge on any atom is -0.370 e. The highest BCUT2D eigenvalue weighted by Gasteiger charge is 2.25. The Bertz CT molecular complexity index is 437. The zero-order valence-corrected chi connectivity index (χ0v) is 14.0. The fourth-order valence-corrected chi connectivity index (χ4v) is 3.06. The van der Waals surface area contributed by atoms with Gasteiger partial charge in [-0.25, -0.2) is 0 Å². The molecule has 1 N–H and O–H groups in total. The van der Waals surface area contributed by atoms with E-state index in [0.717, 1.165) is 19.0 Å². The van der Waals surface area contributed by atoms with Gasteiger partial charge in [-0.1, -0.05) is 12.1 Å². The van der Waals surface area contributed by atoms with Gasteiger partial charge in [-0.2, -0.15) is 0 Å². The summed E-state index contributed by atoms with van der Waals surface area (Å²) in [6, 6.07) is 6.52. The topological polar surface area (TPSA) is 15.3 Å². The van der Waals surface area contributed by atoms with Crippen LogP contribution in [0.3, 0.4) is 0 Å². The second kappa shape index (κ2) is 5.84. The summed E-state index contributed by atoms with van der Waals surface area (Å²) in [5, 5.41) is 3.62. The van der Waals surface area contributed by atoms with E-state index in [0.29, 0.717) is 0 Å². The number of nitrogens with one attached hydrogen (secondary N) is 1. The van der Waals surface area contributed by atoms with Gasteiger partial charge in [-0.3, -0.25) is 0 Å². The first kappa shape index (κ1) is 14.9. The van der Waals surface area contributed by atoms with E-state index in [1.165, 1.54) is 28.7 Å². The van der Waals surface area contributed by atoms with Gasteiger partial charge in [0.15, 0.2) is 0 Å². The van der Waals surface area contributed by atoms with E-state index < -0.39 is 0 Å². The van der Waals surface area contributed by atoms with E-state index in [1.807, 2.05) is 0 Å². The van der Waals surface area contributed by atoms with Crippen molar-refractivity contribution in [2.45, 2.75) is 39.7 Å². The summed E-state index contributed by atoms with van der Waals surface area (Å²) in [5.74, 6) is 0.756. The first-order valence-electron chi connectivity index (χ1n) is 7.12. The van der Waals surface area contributed by atoms with Gasteiger partial charge < -0.3 is 10.2 Å². The second-order valence-corrected chi connectivity index (χ2v) is 7.43. The normalized spacial score (nSPS) is 20.1. The summed E-state index contributed by atoms with van der Waals surface area (Å²) in [5.41, 5.74) is 2.88. The van der Waals surface area contributed by atoms with Crippen molar-refractivity contribution in [3.05, 3.63) is 28.2 Å². The molecule has 0 saturated carbocycles. The van der Waals surface area contributed by atoms with Crippen LogP contribution in [0.25, 0.3) is 0 Å². The van der Waals surface area contributed by atoms with Crippen LogP contribution in [0, 0.1) is 12.8 Å². The first-order valence-corrected chi connectivity index (χ1v) is 7.91. The molecule has 1 aromatic carbocycles. The monoisotopic (exact) mass is 324 g/mol. The van der Waals surface area contributed by atoms with Gasteiger partial charge in [0.25, 0.3) is 0 Å². The molecule has 1 atom stereocenters. The predicted octanol–water partition coefficient (Wildman–Crippen LogP) is 3.97. The van der Waals surface area contributed by atoms with Crippen molar-refractivity contribution in [3.8, 4) is 0 Å². The Labute approximate surface area is 125 Å². The van der Waals surface area contributed by atoms with Crippen molar-refractivity contribution >= 4 is 21.6 Å². The molecular formula is C16H25BrN2. The molecule has 2 rings (SSSR count). The Morgan fingerprint density at radius 2 is 2.11 bits per heavy atom. The smallest absolute Gasteiger partial charge is 0.0513 e. The summed E-state index contributed by atoms with van der Waals surface area (Å²) in [6.45, 7) is 12.3. The minimum atomic E-state index is 0.220. The van der Waals surface area contributed by atoms with Crippen LogP contribution in [0.5, 0.6) is 0 Å². The zero-order chi connectivity index (χ0) is 14.0. The predicted molar refractivity (Wildman–Crippen MR) is 87.0 cm³/mol. The van der Waals surface area contributed by atoms with E-state index in [2.05, 4.69) is 72.0 Å². The van der Waals surface area contributed by atoms with E-state index in [4.69, 9.17) is 0 Å². The van der Waals surface area contributed by atoms with Crippen molar-refractivity contribution in [1.82, 2.24) is 5.32 Å². The third-order valence-corrected chi connectivity index (χ3v) is 4.75. The summed E-state index contributed by atoms with van der Waals surface area (Å²) in [7, 11) is 0. The van der Waals surface area contributed by atoms with Crippen LogP contribution in [-0.2, 0) is 0 Å². The lowest BCUT2D eigenvalue weighted by Gasteiger charge is -2.24. The molecule has 19 heavy (non-hydrogen) atoms. The highest BCUT2D eigenvalue weighted by Crippen LogP contribution is 2.32. The molecule has 2 nitrogen and oxygen atoms in total. The van der Waals surface area contributed by atoms with Crippen LogP contribution >= 0.6 is 15.9 Å². The van der Waals surface area contributed by atoms with E-state index in [1.54, 1.807) is 0 Å². The van der Waals surface area contributed by atoms with Crippen LogP contribution in [0.15, 0.2) is 22.7 Å².